The van der Waals surface area contributed by atoms with Gasteiger partial charge in [-0.2, -0.15) is 27.8 Å². The third-order valence-electron chi connectivity index (χ3n) is 2.81. The van der Waals surface area contributed by atoms with E-state index in [9.17, 15) is 0 Å². The van der Waals surface area contributed by atoms with Crippen molar-refractivity contribution in [3.8, 4) is 0 Å². The van der Waals surface area contributed by atoms with Crippen LogP contribution in [0.2, 0.25) is 0 Å². The average molecular weight is 272 g/mol. The van der Waals surface area contributed by atoms with E-state index in [1.165, 1.54) is 27.8 Å². The minimum absolute atomic E-state index is 0. The van der Waals surface area contributed by atoms with E-state index >= 15 is 0 Å². The van der Waals surface area contributed by atoms with Crippen molar-refractivity contribution in [1.82, 2.24) is 0 Å². The van der Waals surface area contributed by atoms with Crippen LogP contribution in [0.5, 0.6) is 0 Å². The summed E-state index contributed by atoms with van der Waals surface area (Å²) in [5.41, 5.74) is 7.34. The molecular weight excluding hydrogens is 247 g/mol. The van der Waals surface area contributed by atoms with Crippen LogP contribution >= 0.6 is 0 Å². The van der Waals surface area contributed by atoms with Gasteiger partial charge in [-0.15, -0.1) is 0 Å². The Bertz CT molecular complexity index is 176. The van der Waals surface area contributed by atoms with Crippen molar-refractivity contribution in [3.63, 3.8) is 0 Å². The molecule has 80 valence electrons. The molecular formula is C13H24Zr. The predicted octanol–water partition coefficient (Wildman–Crippen LogP) is 4.30. The quantitative estimate of drug-likeness (QED) is 0.617. The molecule has 1 rings (SSSR count). The normalized spacial score (nSPS) is 7.50. The fraction of sp³-hybridized carbons (Fsp3) is 0.385. The Balaban J connectivity index is -0.000000125. The van der Waals surface area contributed by atoms with Crippen LogP contribution in [0.15, 0.2) is 0 Å². The molecule has 0 nitrogen and oxygen atoms in total. The molecule has 1 aromatic rings. The van der Waals surface area contributed by atoms with Gasteiger partial charge in [0, 0.05) is 0 Å². The minimum Gasteiger partial charge on any atom is -0.358 e. The molecule has 0 spiro atoms. The van der Waals surface area contributed by atoms with Gasteiger partial charge in [-0.25, -0.2) is 0 Å². The van der Waals surface area contributed by atoms with Crippen LogP contribution in [-0.2, 0) is 26.2 Å². The molecule has 0 aliphatic heterocycles. The van der Waals surface area contributed by atoms with Crippen molar-refractivity contribution in [2.75, 3.05) is 0 Å². The summed E-state index contributed by atoms with van der Waals surface area (Å²) in [5.74, 6) is 0. The van der Waals surface area contributed by atoms with E-state index in [0.717, 1.165) is 0 Å². The molecule has 1 aromatic carbocycles. The smallest absolute Gasteiger partial charge is 0.358 e. The zero-order chi connectivity index (χ0) is 7.89. The Labute approximate surface area is 111 Å². The Kier molecular flexibility index (Phi) is 14.5. The molecule has 0 radical (unpaired) electrons. The van der Waals surface area contributed by atoms with E-state index in [4.69, 9.17) is 0 Å². The summed E-state index contributed by atoms with van der Waals surface area (Å²) in [6.07, 6.45) is 0. The van der Waals surface area contributed by atoms with E-state index in [1.807, 2.05) is 0 Å². The second-order valence-corrected chi connectivity index (χ2v) is 3.12. The summed E-state index contributed by atoms with van der Waals surface area (Å²) in [6.45, 7) is 11.0. The second kappa shape index (κ2) is 8.53. The van der Waals surface area contributed by atoms with E-state index in [0.29, 0.717) is 0 Å². The molecule has 0 fully saturated rings. The van der Waals surface area contributed by atoms with E-state index < -0.39 is 0 Å². The third kappa shape index (κ3) is 3.77. The van der Waals surface area contributed by atoms with Gasteiger partial charge >= 0.3 is 26.2 Å². The van der Waals surface area contributed by atoms with Gasteiger partial charge in [-0.1, -0.05) is 34.6 Å². The first-order chi connectivity index (χ1) is 4.55. The van der Waals surface area contributed by atoms with E-state index in [-0.39, 0.29) is 48.5 Å². The fourth-order valence-corrected chi connectivity index (χ4v) is 1.41. The summed E-state index contributed by atoms with van der Waals surface area (Å²) in [6, 6.07) is 0. The molecule has 0 bridgehead atoms. The van der Waals surface area contributed by atoms with Crippen LogP contribution in [0, 0.1) is 56.9 Å². The molecule has 0 aliphatic rings. The molecule has 0 heterocycles. The van der Waals surface area contributed by atoms with Crippen LogP contribution in [0.4, 0.5) is 0 Å². The third-order valence-corrected chi connectivity index (χ3v) is 2.81. The molecule has 0 amide bonds. The Hall–Kier alpha value is 0.233. The first kappa shape index (κ1) is 23.8. The zero-order valence-electron chi connectivity index (χ0n) is 11.0. The maximum absolute atomic E-state index is 2.20. The van der Waals surface area contributed by atoms with Gasteiger partial charge in [0.05, 0.1) is 0 Å². The number of hydrogen-bond acceptors (Lipinski definition) is 0. The molecule has 14 heavy (non-hydrogen) atoms. The van der Waals surface area contributed by atoms with Crippen LogP contribution in [0.25, 0.3) is 0 Å². The Morgan fingerprint density at radius 2 is 0.929 bits per heavy atom. The minimum atomic E-state index is 0. The molecule has 0 saturated heterocycles. The van der Waals surface area contributed by atoms with Crippen molar-refractivity contribution < 1.29 is 26.2 Å². The summed E-state index contributed by atoms with van der Waals surface area (Å²) in [4.78, 5) is 0. The molecule has 0 saturated carbocycles. The molecule has 0 unspecified atom stereocenters. The summed E-state index contributed by atoms with van der Waals surface area (Å²) in [7, 11) is 0. The monoisotopic (exact) mass is 270 g/mol. The first-order valence-electron chi connectivity index (χ1n) is 3.75. The Morgan fingerprint density at radius 3 is 1.00 bits per heavy atom. The van der Waals surface area contributed by atoms with Crippen LogP contribution < -0.4 is 0 Å². The van der Waals surface area contributed by atoms with Gasteiger partial charge in [-0.05, 0) is 0 Å². The van der Waals surface area contributed by atoms with Gasteiger partial charge in [-0.3, -0.25) is 0 Å². The maximum Gasteiger partial charge on any atom is 4.00 e. The topological polar surface area (TPSA) is 0 Å². The van der Waals surface area contributed by atoms with Crippen molar-refractivity contribution >= 4 is 0 Å². The Morgan fingerprint density at radius 1 is 0.714 bits per heavy atom. The summed E-state index contributed by atoms with van der Waals surface area (Å²) >= 11 is 0. The van der Waals surface area contributed by atoms with Gasteiger partial charge in [0.25, 0.3) is 0 Å². The first-order valence-corrected chi connectivity index (χ1v) is 3.75. The molecule has 0 aromatic heterocycles. The molecule has 0 aliphatic carbocycles. The van der Waals surface area contributed by atoms with Crippen LogP contribution in [-0.4, -0.2) is 0 Å². The van der Waals surface area contributed by atoms with Gasteiger partial charge in [0.2, 0.25) is 0 Å². The largest absolute Gasteiger partial charge is 4.00 e. The maximum atomic E-state index is 2.20. The van der Waals surface area contributed by atoms with Crippen LogP contribution in [0.3, 0.4) is 0 Å². The van der Waals surface area contributed by atoms with Crippen molar-refractivity contribution in [1.29, 1.82) is 0 Å². The van der Waals surface area contributed by atoms with E-state index in [2.05, 4.69) is 34.6 Å². The van der Waals surface area contributed by atoms with Gasteiger partial charge in [0.1, 0.15) is 0 Å². The predicted molar refractivity (Wildman–Crippen MR) is 65.0 cm³/mol. The number of rotatable bonds is 0. The van der Waals surface area contributed by atoms with Crippen LogP contribution in [0.1, 0.15) is 27.8 Å². The summed E-state index contributed by atoms with van der Waals surface area (Å²) in [5, 5.41) is 0. The van der Waals surface area contributed by atoms with Gasteiger partial charge in [0.15, 0.2) is 0 Å². The average Bonchev–Trinajstić information content (AvgIpc) is 2.07. The second-order valence-electron chi connectivity index (χ2n) is 3.12. The molecule has 0 N–H and O–H groups in total. The summed E-state index contributed by atoms with van der Waals surface area (Å²) < 4.78 is 0. The van der Waals surface area contributed by atoms with Gasteiger partial charge < -0.3 is 22.3 Å². The standard InChI is InChI=1S/C10H15.3CH3.Zr/c1-6-7(2)9(4)10(5)8(6)3;;;;/h1-5H3;3*1H3;/q4*-1;+4. The van der Waals surface area contributed by atoms with E-state index in [1.54, 1.807) is 0 Å². The zero-order valence-corrected chi connectivity index (χ0v) is 13.5. The van der Waals surface area contributed by atoms with Crippen molar-refractivity contribution in [2.45, 2.75) is 34.6 Å². The number of hydrogen-bond donors (Lipinski definition) is 0. The van der Waals surface area contributed by atoms with Crippen molar-refractivity contribution in [3.05, 3.63) is 50.1 Å². The van der Waals surface area contributed by atoms with Crippen molar-refractivity contribution in [2.24, 2.45) is 0 Å². The molecule has 1 heteroatoms. The molecule has 0 atom stereocenters. The SMILES string of the molecule is Cc1c(C)c(C)[c-](C)c1C.[CH3-].[CH3-].[CH3-].[Zr+4]. The fourth-order valence-electron chi connectivity index (χ4n) is 1.41.